The lowest BCUT2D eigenvalue weighted by Crippen LogP contribution is -2.25. The summed E-state index contributed by atoms with van der Waals surface area (Å²) in [5.74, 6) is 0.173. The Morgan fingerprint density at radius 2 is 1.94 bits per heavy atom. The predicted molar refractivity (Wildman–Crippen MR) is 70.0 cm³/mol. The number of aromatic nitrogens is 1. The molecule has 0 saturated carbocycles. The number of benzene rings is 1. The van der Waals surface area contributed by atoms with Crippen molar-refractivity contribution in [3.8, 4) is 0 Å². The smallest absolute Gasteiger partial charge is 0.151 e. The van der Waals surface area contributed by atoms with Gasteiger partial charge in [0.2, 0.25) is 0 Å². The van der Waals surface area contributed by atoms with Crippen LogP contribution in [0, 0.1) is 0 Å². The molecule has 1 aromatic carbocycles. The van der Waals surface area contributed by atoms with Gasteiger partial charge in [0.15, 0.2) is 5.78 Å². The number of hydrogen-bond donors (Lipinski definition) is 0. The van der Waals surface area contributed by atoms with Gasteiger partial charge in [0.25, 0.3) is 0 Å². The van der Waals surface area contributed by atoms with E-state index in [-0.39, 0.29) is 11.8 Å². The monoisotopic (exact) mass is 230 g/mol. The molecule has 0 aliphatic carbocycles. The van der Waals surface area contributed by atoms with Crippen LogP contribution in [0.5, 0.6) is 0 Å². The first-order valence-corrected chi connectivity index (χ1v) is 5.73. The summed E-state index contributed by atoms with van der Waals surface area (Å²) in [7, 11) is 5.89. The average molecular weight is 230 g/mol. The highest BCUT2D eigenvalue weighted by atomic mass is 16.1. The molecule has 3 nitrogen and oxygen atoms in total. The van der Waals surface area contributed by atoms with E-state index in [0.29, 0.717) is 0 Å². The molecule has 0 aliphatic rings. The summed E-state index contributed by atoms with van der Waals surface area (Å²) in [4.78, 5) is 13.8. The number of Topliss-reactive ketones (excluding diaryl/α,β-unsaturated/α-hetero) is 1. The van der Waals surface area contributed by atoms with Crippen LogP contribution in [0.15, 0.2) is 30.5 Å². The van der Waals surface area contributed by atoms with Gasteiger partial charge in [0, 0.05) is 29.7 Å². The fourth-order valence-electron chi connectivity index (χ4n) is 2.45. The number of ketones is 1. The van der Waals surface area contributed by atoms with E-state index in [9.17, 15) is 4.79 Å². The van der Waals surface area contributed by atoms with Crippen LogP contribution in [-0.4, -0.2) is 29.3 Å². The number of carbonyl (C=O) groups is 1. The lowest BCUT2D eigenvalue weighted by atomic mass is 10.0. The molecule has 1 unspecified atom stereocenters. The van der Waals surface area contributed by atoms with Crippen LogP contribution in [0.2, 0.25) is 0 Å². The van der Waals surface area contributed by atoms with Crippen molar-refractivity contribution in [1.82, 2.24) is 9.47 Å². The van der Waals surface area contributed by atoms with Crippen molar-refractivity contribution in [2.24, 2.45) is 7.05 Å². The van der Waals surface area contributed by atoms with Crippen molar-refractivity contribution in [3.05, 3.63) is 36.0 Å². The number of aryl methyl sites for hydroxylation is 1. The van der Waals surface area contributed by atoms with E-state index in [4.69, 9.17) is 0 Å². The second-order valence-corrected chi connectivity index (χ2v) is 4.69. The van der Waals surface area contributed by atoms with Gasteiger partial charge < -0.3 is 4.57 Å². The number of rotatable bonds is 3. The molecule has 1 atom stereocenters. The summed E-state index contributed by atoms with van der Waals surface area (Å²) < 4.78 is 2.07. The van der Waals surface area contributed by atoms with Gasteiger partial charge >= 0.3 is 0 Å². The van der Waals surface area contributed by atoms with Crippen LogP contribution < -0.4 is 0 Å². The molecule has 17 heavy (non-hydrogen) atoms. The Morgan fingerprint density at radius 1 is 1.29 bits per heavy atom. The highest BCUT2D eigenvalue weighted by molar-refractivity contribution is 5.92. The molecule has 3 heteroatoms. The molecular formula is C14H18N2O. The summed E-state index contributed by atoms with van der Waals surface area (Å²) in [5.41, 5.74) is 2.25. The Balaban J connectivity index is 2.65. The standard InChI is InChI=1S/C14H18N2O/c1-10(17)14(15(2)3)12-9-16(4)13-8-6-5-7-11(12)13/h5-9,14H,1-4H3. The number of hydrogen-bond acceptors (Lipinski definition) is 2. The van der Waals surface area contributed by atoms with Crippen molar-refractivity contribution in [2.75, 3.05) is 14.1 Å². The molecule has 0 bridgehead atoms. The first-order valence-electron chi connectivity index (χ1n) is 5.73. The van der Waals surface area contributed by atoms with Crippen LogP contribution in [0.4, 0.5) is 0 Å². The lowest BCUT2D eigenvalue weighted by molar-refractivity contribution is -0.121. The van der Waals surface area contributed by atoms with Crippen LogP contribution in [-0.2, 0) is 11.8 Å². The maximum Gasteiger partial charge on any atom is 0.151 e. The largest absolute Gasteiger partial charge is 0.350 e. The van der Waals surface area contributed by atoms with Gasteiger partial charge in [0.05, 0.1) is 6.04 Å². The molecule has 2 rings (SSSR count). The summed E-state index contributed by atoms with van der Waals surface area (Å²) in [6, 6.07) is 8.01. The van der Waals surface area contributed by atoms with Gasteiger partial charge in [-0.1, -0.05) is 18.2 Å². The van der Waals surface area contributed by atoms with Crippen LogP contribution in [0.1, 0.15) is 18.5 Å². The van der Waals surface area contributed by atoms with Crippen molar-refractivity contribution in [2.45, 2.75) is 13.0 Å². The Morgan fingerprint density at radius 3 is 2.53 bits per heavy atom. The van der Waals surface area contributed by atoms with Crippen molar-refractivity contribution < 1.29 is 4.79 Å². The quantitative estimate of drug-likeness (QED) is 0.808. The van der Waals surface area contributed by atoms with E-state index in [2.05, 4.69) is 22.9 Å². The van der Waals surface area contributed by atoms with E-state index in [0.717, 1.165) is 16.5 Å². The van der Waals surface area contributed by atoms with E-state index in [1.165, 1.54) is 0 Å². The number of carbonyl (C=O) groups excluding carboxylic acids is 1. The highest BCUT2D eigenvalue weighted by Gasteiger charge is 2.22. The minimum atomic E-state index is -0.166. The molecule has 0 radical (unpaired) electrons. The topological polar surface area (TPSA) is 25.2 Å². The van der Waals surface area contributed by atoms with Gasteiger partial charge in [-0.05, 0) is 27.1 Å². The zero-order valence-corrected chi connectivity index (χ0v) is 10.8. The van der Waals surface area contributed by atoms with Gasteiger partial charge in [-0.25, -0.2) is 0 Å². The summed E-state index contributed by atoms with van der Waals surface area (Å²) in [6.07, 6.45) is 2.05. The lowest BCUT2D eigenvalue weighted by Gasteiger charge is -2.21. The maximum atomic E-state index is 11.8. The predicted octanol–water partition coefficient (Wildman–Crippen LogP) is 2.37. The third kappa shape index (κ3) is 1.98. The average Bonchev–Trinajstić information content (AvgIpc) is 2.56. The SMILES string of the molecule is CC(=O)C(c1cn(C)c2ccccc12)N(C)C. The molecule has 1 heterocycles. The molecule has 1 aromatic heterocycles. The van der Waals surface area contributed by atoms with Gasteiger partial charge in [-0.2, -0.15) is 0 Å². The number of nitrogens with zero attached hydrogens (tertiary/aromatic N) is 2. The third-order valence-corrected chi connectivity index (χ3v) is 3.12. The molecule has 0 N–H and O–H groups in total. The van der Waals surface area contributed by atoms with Crippen LogP contribution >= 0.6 is 0 Å². The number of para-hydroxylation sites is 1. The molecule has 0 aliphatic heterocycles. The Kier molecular flexibility index (Phi) is 3.03. The fraction of sp³-hybridized carbons (Fsp3) is 0.357. The third-order valence-electron chi connectivity index (χ3n) is 3.12. The fourth-order valence-corrected chi connectivity index (χ4v) is 2.45. The first-order chi connectivity index (χ1) is 8.02. The zero-order valence-electron chi connectivity index (χ0n) is 10.8. The van der Waals surface area contributed by atoms with E-state index in [1.807, 2.05) is 38.2 Å². The Bertz CT molecular complexity index is 554. The normalized spacial score (nSPS) is 13.2. The minimum absolute atomic E-state index is 0.166. The van der Waals surface area contributed by atoms with Gasteiger partial charge in [0.1, 0.15) is 0 Å². The summed E-state index contributed by atoms with van der Waals surface area (Å²) >= 11 is 0. The van der Waals surface area contributed by atoms with Crippen molar-refractivity contribution >= 4 is 16.7 Å². The van der Waals surface area contributed by atoms with E-state index in [1.54, 1.807) is 6.92 Å². The van der Waals surface area contributed by atoms with Crippen LogP contribution in [0.25, 0.3) is 10.9 Å². The molecule has 0 amide bonds. The van der Waals surface area contributed by atoms with Gasteiger partial charge in [-0.15, -0.1) is 0 Å². The Hall–Kier alpha value is -1.61. The molecule has 0 spiro atoms. The summed E-state index contributed by atoms with van der Waals surface area (Å²) in [5, 5.41) is 1.16. The van der Waals surface area contributed by atoms with E-state index >= 15 is 0 Å². The van der Waals surface area contributed by atoms with Gasteiger partial charge in [-0.3, -0.25) is 9.69 Å². The van der Waals surface area contributed by atoms with Crippen LogP contribution in [0.3, 0.4) is 0 Å². The summed E-state index contributed by atoms with van der Waals surface area (Å²) in [6.45, 7) is 1.65. The first kappa shape index (κ1) is 11.9. The number of likely N-dealkylation sites (N-methyl/N-ethyl adjacent to an activating group) is 1. The number of fused-ring (bicyclic) bond motifs is 1. The minimum Gasteiger partial charge on any atom is -0.350 e. The van der Waals surface area contributed by atoms with Crippen molar-refractivity contribution in [3.63, 3.8) is 0 Å². The maximum absolute atomic E-state index is 11.8. The zero-order chi connectivity index (χ0) is 12.6. The van der Waals surface area contributed by atoms with E-state index < -0.39 is 0 Å². The molecule has 90 valence electrons. The van der Waals surface area contributed by atoms with Crippen molar-refractivity contribution in [1.29, 1.82) is 0 Å². The highest BCUT2D eigenvalue weighted by Crippen LogP contribution is 2.28. The molecule has 2 aromatic rings. The molecule has 0 fully saturated rings. The second kappa shape index (κ2) is 4.34. The Labute approximate surface area is 102 Å². The molecular weight excluding hydrogens is 212 g/mol. The molecule has 0 saturated heterocycles. The second-order valence-electron chi connectivity index (χ2n) is 4.69.